The summed E-state index contributed by atoms with van der Waals surface area (Å²) in [5.41, 5.74) is 0. The van der Waals surface area contributed by atoms with Crippen molar-refractivity contribution >= 4 is 65.0 Å². The van der Waals surface area contributed by atoms with Crippen LogP contribution in [-0.2, 0) is 62.3 Å². The van der Waals surface area contributed by atoms with Gasteiger partial charge in [-0.15, -0.1) is 0 Å². The van der Waals surface area contributed by atoms with Gasteiger partial charge in [-0.1, -0.05) is 76.2 Å². The smallest absolute Gasteiger partial charge is 0.246 e. The molecule has 2 aliphatic rings. The summed E-state index contributed by atoms with van der Waals surface area (Å²) in [6.45, 7) is 27.6. The van der Waals surface area contributed by atoms with E-state index in [4.69, 9.17) is 9.57 Å². The third kappa shape index (κ3) is 19.5. The lowest BCUT2D eigenvalue weighted by Gasteiger charge is -2.43. The van der Waals surface area contributed by atoms with Crippen molar-refractivity contribution in [1.29, 1.82) is 0 Å². The number of morpholine rings is 1. The molecule has 0 bridgehead atoms. The molecule has 2 heterocycles. The lowest BCUT2D eigenvalue weighted by Crippen LogP contribution is -2.63. The number of hydroxylamine groups is 4. The molecule has 2 aliphatic heterocycles. The second-order valence-electron chi connectivity index (χ2n) is 24.8. The monoisotopic (exact) mass is 1190 g/mol. The van der Waals surface area contributed by atoms with Crippen LogP contribution in [-0.4, -0.2) is 246 Å². The molecule has 480 valence electrons. The summed E-state index contributed by atoms with van der Waals surface area (Å²) in [6, 6.07) is -14.6. The fourth-order valence-corrected chi connectivity index (χ4v) is 10.4. The Morgan fingerprint density at radius 2 is 0.917 bits per heavy atom. The lowest BCUT2D eigenvalue weighted by atomic mass is 9.95. The minimum Gasteiger partial charge on any atom is -0.756 e. The molecule has 2 unspecified atom stereocenters. The van der Waals surface area contributed by atoms with E-state index in [9.17, 15) is 57.9 Å². The quantitative estimate of drug-likeness (QED) is 0.213. The van der Waals surface area contributed by atoms with E-state index < -0.39 is 149 Å². The predicted octanol–water partition coefficient (Wildman–Crippen LogP) is 1.19. The predicted molar refractivity (Wildman–Crippen MR) is 315 cm³/mol. The van der Waals surface area contributed by atoms with Crippen molar-refractivity contribution in [1.82, 2.24) is 60.8 Å². The Morgan fingerprint density at radius 3 is 1.39 bits per heavy atom. The maximum absolute atomic E-state index is 14.8. The zero-order valence-electron chi connectivity index (χ0n) is 54.3. The van der Waals surface area contributed by atoms with E-state index in [2.05, 4.69) is 21.3 Å². The standard InChI is InChI=1S/C58H103N12O14/c1-23-41-54(77)63(17)39(15)53(76)68(22)47(40(16)84-69-24-26-83-27-25-69)51(74)62-45(34(8)9)57(80)64(18)42(28-31(2)3)50(73)59-36(12)48(71)60-37(13)52(75)65(19)43(29-32(4)5)55(78)66(20)44(30-33(6)7)56(79)67(21)46(35(10)11)58(81)70(82)38(14)49(72)61-41/h31-47H,23-30H2,1-22H3,(H,59,73)(H,60,71)(H,61,72)(H,62,74)/q-1/t36?,37-,38+,39-,40-,41+,42+,43?,44+,45+,46+,47+/m1/s1. The van der Waals surface area contributed by atoms with Crippen molar-refractivity contribution < 1.29 is 62.3 Å². The van der Waals surface area contributed by atoms with Gasteiger partial charge in [0.2, 0.25) is 65.0 Å². The van der Waals surface area contributed by atoms with Crippen molar-refractivity contribution in [3.05, 3.63) is 5.21 Å². The average molecular weight is 1190 g/mol. The minimum atomic E-state index is -1.74. The molecule has 0 aromatic rings. The number of nitrogens with one attached hydrogen (secondary N) is 4. The summed E-state index contributed by atoms with van der Waals surface area (Å²) in [4.78, 5) is 172. The first kappa shape index (κ1) is 74.1. The van der Waals surface area contributed by atoms with Crippen LogP contribution in [0.15, 0.2) is 0 Å². The van der Waals surface area contributed by atoms with E-state index in [1.165, 1.54) is 84.7 Å². The topological polar surface area (TPSA) is 303 Å². The molecule has 0 aliphatic carbocycles. The summed E-state index contributed by atoms with van der Waals surface area (Å²) in [5.74, 6) is -10.3. The molecule has 12 atom stereocenters. The third-order valence-electron chi connectivity index (χ3n) is 15.8. The summed E-state index contributed by atoms with van der Waals surface area (Å²) < 4.78 is 5.48. The number of likely N-dealkylation sites (N-methyl/N-ethyl adjacent to an activating group) is 6. The number of rotatable bonds is 12. The number of hydrogen-bond donors (Lipinski definition) is 4. The second kappa shape index (κ2) is 33.1. The molecule has 2 fully saturated rings. The van der Waals surface area contributed by atoms with Gasteiger partial charge in [0, 0.05) is 55.4 Å². The average Bonchev–Trinajstić information content (AvgIpc) is 3.13. The normalized spacial score (nSPS) is 28.7. The van der Waals surface area contributed by atoms with Crippen molar-refractivity contribution in [2.75, 3.05) is 68.6 Å². The zero-order valence-corrected chi connectivity index (χ0v) is 54.3. The third-order valence-corrected chi connectivity index (χ3v) is 15.8. The highest BCUT2D eigenvalue weighted by molar-refractivity contribution is 6.00. The number of nitrogens with zero attached hydrogens (tertiary/aromatic N) is 8. The first-order valence-electron chi connectivity index (χ1n) is 29.7. The highest BCUT2D eigenvalue weighted by Gasteiger charge is 2.44. The maximum Gasteiger partial charge on any atom is 0.246 e. The summed E-state index contributed by atoms with van der Waals surface area (Å²) in [6.07, 6.45) is -0.719. The second-order valence-corrected chi connectivity index (χ2v) is 24.8. The van der Waals surface area contributed by atoms with Crippen molar-refractivity contribution in [3.63, 3.8) is 0 Å². The van der Waals surface area contributed by atoms with E-state index in [0.717, 1.165) is 14.7 Å². The molecule has 2 rings (SSSR count). The maximum atomic E-state index is 14.8. The van der Waals surface area contributed by atoms with Crippen molar-refractivity contribution in [2.45, 2.75) is 209 Å². The van der Waals surface area contributed by atoms with Gasteiger partial charge in [0.1, 0.15) is 66.5 Å². The molecule has 0 saturated carbocycles. The van der Waals surface area contributed by atoms with Crippen LogP contribution in [0.5, 0.6) is 0 Å². The van der Waals surface area contributed by atoms with Gasteiger partial charge in [-0.2, -0.15) is 5.06 Å². The molecule has 26 nitrogen and oxygen atoms in total. The van der Waals surface area contributed by atoms with Gasteiger partial charge in [0.15, 0.2) is 0 Å². The Kier molecular flexibility index (Phi) is 29.2. The van der Waals surface area contributed by atoms with Gasteiger partial charge in [0.25, 0.3) is 0 Å². The molecule has 11 amide bonds. The van der Waals surface area contributed by atoms with Crippen molar-refractivity contribution in [3.8, 4) is 0 Å². The molecule has 0 spiro atoms. The number of carbonyl (C=O) groups excluding carboxylic acids is 11. The van der Waals surface area contributed by atoms with Crippen LogP contribution >= 0.6 is 0 Å². The lowest BCUT2D eigenvalue weighted by molar-refractivity contribution is -0.232. The number of carbonyl (C=O) groups is 11. The molecular weight excluding hydrogens is 1090 g/mol. The largest absolute Gasteiger partial charge is 0.756 e. The van der Waals surface area contributed by atoms with Crippen LogP contribution in [0.4, 0.5) is 0 Å². The Labute approximate surface area is 499 Å². The summed E-state index contributed by atoms with van der Waals surface area (Å²) in [7, 11) is 8.25. The minimum absolute atomic E-state index is 0.0240. The van der Waals surface area contributed by atoms with Gasteiger partial charge in [-0.25, -0.2) is 0 Å². The molecule has 4 N–H and O–H groups in total. The Balaban J connectivity index is 2.89. The van der Waals surface area contributed by atoms with Gasteiger partial charge >= 0.3 is 0 Å². The van der Waals surface area contributed by atoms with Crippen LogP contribution in [0, 0.1) is 34.8 Å². The van der Waals surface area contributed by atoms with E-state index in [1.54, 1.807) is 46.6 Å². The van der Waals surface area contributed by atoms with Crippen LogP contribution in [0.2, 0.25) is 0 Å². The van der Waals surface area contributed by atoms with Crippen LogP contribution < -0.4 is 21.3 Å². The Bertz CT molecular complexity index is 2300. The fourth-order valence-electron chi connectivity index (χ4n) is 10.4. The zero-order chi connectivity index (χ0) is 64.7. The highest BCUT2D eigenvalue weighted by atomic mass is 16.7. The first-order valence-corrected chi connectivity index (χ1v) is 29.7. The van der Waals surface area contributed by atoms with E-state index in [0.29, 0.717) is 26.3 Å². The molecule has 0 aromatic heterocycles. The van der Waals surface area contributed by atoms with Gasteiger partial charge < -0.3 is 65.7 Å². The number of hydrogen-bond acceptors (Lipinski definition) is 15. The SMILES string of the molecule is CC[C@@H]1NC(=O)[C@H](C)N([O-])C(=O)[C@H](C(C)C)N(C)C(=O)[C@H](CC(C)C)N(C)C(=O)C(CC(C)C)N(C)C(=O)[C@@H](C)NC(=O)C(C)NC(=O)[C@H](CC(C)C)N(C)C(=O)[C@H](C(C)C)NC(=O)[C@H]([C@@H](C)ON2CCOCC2)N(C)C(=O)[C@@H](C)N(C)C1=O. The van der Waals surface area contributed by atoms with Gasteiger partial charge in [-0.05, 0) is 89.9 Å². The molecule has 0 radical (unpaired) electrons. The molecule has 2 saturated heterocycles. The van der Waals surface area contributed by atoms with Gasteiger partial charge in [0.05, 0.1) is 19.3 Å². The fraction of sp³-hybridized carbons (Fsp3) is 0.810. The highest BCUT2D eigenvalue weighted by Crippen LogP contribution is 2.24. The first-order chi connectivity index (χ1) is 38.8. The molecule has 26 heteroatoms. The number of amides is 11. The Morgan fingerprint density at radius 1 is 0.464 bits per heavy atom. The molecular formula is C58H103N12O14-. The number of ether oxygens (including phenoxy) is 1. The van der Waals surface area contributed by atoms with Gasteiger partial charge in [-0.3, -0.25) is 57.6 Å². The van der Waals surface area contributed by atoms with Crippen LogP contribution in [0.1, 0.15) is 136 Å². The Hall–Kier alpha value is -5.99. The summed E-state index contributed by atoms with van der Waals surface area (Å²) in [5, 5.41) is 26.3. The summed E-state index contributed by atoms with van der Waals surface area (Å²) >= 11 is 0. The van der Waals surface area contributed by atoms with E-state index >= 15 is 0 Å². The van der Waals surface area contributed by atoms with Crippen LogP contribution in [0.25, 0.3) is 0 Å². The van der Waals surface area contributed by atoms with E-state index in [-0.39, 0.29) is 48.5 Å². The molecule has 84 heavy (non-hydrogen) atoms. The van der Waals surface area contributed by atoms with Crippen LogP contribution in [0.3, 0.4) is 0 Å². The van der Waals surface area contributed by atoms with E-state index in [1.807, 2.05) is 41.5 Å². The van der Waals surface area contributed by atoms with Crippen molar-refractivity contribution in [2.24, 2.45) is 29.6 Å². The molecule has 0 aromatic carbocycles.